The number of likely N-dealkylation sites (tertiary alicyclic amines) is 1. The normalized spacial score (nSPS) is 16.7. The van der Waals surface area contributed by atoms with Gasteiger partial charge in [-0.2, -0.15) is 0 Å². The van der Waals surface area contributed by atoms with Gasteiger partial charge < -0.3 is 15.0 Å². The van der Waals surface area contributed by atoms with Gasteiger partial charge in [-0.3, -0.25) is 19.6 Å². The molecule has 2 aromatic rings. The van der Waals surface area contributed by atoms with Gasteiger partial charge in [0.15, 0.2) is 5.75 Å². The average molecular weight is 369 g/mol. The van der Waals surface area contributed by atoms with Crippen LogP contribution in [0.4, 0.5) is 0 Å². The average Bonchev–Trinajstić information content (AvgIpc) is 2.68. The van der Waals surface area contributed by atoms with Crippen LogP contribution in [0.1, 0.15) is 37.1 Å². The van der Waals surface area contributed by atoms with E-state index in [0.29, 0.717) is 24.7 Å². The first-order chi connectivity index (χ1) is 13.0. The van der Waals surface area contributed by atoms with E-state index < -0.39 is 0 Å². The molecule has 0 aromatic carbocycles. The lowest BCUT2D eigenvalue weighted by Gasteiger charge is -2.32. The predicted molar refractivity (Wildman–Crippen MR) is 98.3 cm³/mol. The second-order valence-corrected chi connectivity index (χ2v) is 6.52. The van der Waals surface area contributed by atoms with Crippen molar-refractivity contribution >= 4 is 11.8 Å². The highest BCUT2D eigenvalue weighted by molar-refractivity contribution is 5.83. The van der Waals surface area contributed by atoms with E-state index in [1.807, 2.05) is 13.0 Å². The third-order valence-corrected chi connectivity index (χ3v) is 4.51. The van der Waals surface area contributed by atoms with Crippen LogP contribution in [-0.2, 0) is 9.59 Å². The lowest BCUT2D eigenvalue weighted by molar-refractivity contribution is -0.133. The summed E-state index contributed by atoms with van der Waals surface area (Å²) >= 11 is 0. The van der Waals surface area contributed by atoms with Crippen LogP contribution in [0.2, 0.25) is 0 Å². The maximum absolute atomic E-state index is 12.3. The summed E-state index contributed by atoms with van der Waals surface area (Å²) in [5, 5.41) is 2.56. The number of carbonyl (C=O) groups is 2. The molecule has 1 N–H and O–H groups in total. The zero-order valence-corrected chi connectivity index (χ0v) is 15.5. The Kier molecular flexibility index (Phi) is 5.95. The van der Waals surface area contributed by atoms with Crippen LogP contribution in [0.15, 0.2) is 30.7 Å². The van der Waals surface area contributed by atoms with Crippen LogP contribution >= 0.6 is 0 Å². The zero-order valence-electron chi connectivity index (χ0n) is 15.5. The number of aromatic nitrogens is 3. The Morgan fingerprint density at radius 1 is 1.26 bits per heavy atom. The summed E-state index contributed by atoms with van der Waals surface area (Å²) in [5.74, 6) is 0.793. The van der Waals surface area contributed by atoms with Gasteiger partial charge in [-0.15, -0.1) is 0 Å². The molecule has 3 rings (SSSR count). The highest BCUT2D eigenvalue weighted by Crippen LogP contribution is 2.33. The van der Waals surface area contributed by atoms with Crippen molar-refractivity contribution in [2.75, 3.05) is 19.6 Å². The number of hydrogen-bond donors (Lipinski definition) is 1. The molecule has 0 radical (unpaired) electrons. The standard InChI is InChI=1S/C19H23N5O3/c1-13-16(6-3-7-20-13)27-19-18(21-8-9-22-19)15-5-4-10-24(12-15)17(26)11-23-14(2)25/h3,6-9,15H,4-5,10-12H2,1-2H3,(H,23,25). The SMILES string of the molecule is CC(=O)NCC(=O)N1CCCC(c2nccnc2Oc2cccnc2C)C1. The number of carbonyl (C=O) groups excluding carboxylic acids is 2. The first kappa shape index (κ1) is 18.8. The van der Waals surface area contributed by atoms with E-state index >= 15 is 0 Å². The van der Waals surface area contributed by atoms with Gasteiger partial charge in [-0.1, -0.05) is 0 Å². The molecule has 3 heterocycles. The molecule has 0 saturated carbocycles. The first-order valence-electron chi connectivity index (χ1n) is 8.97. The van der Waals surface area contributed by atoms with Crippen molar-refractivity contribution in [1.29, 1.82) is 0 Å². The number of rotatable bonds is 5. The Hall–Kier alpha value is -3.03. The van der Waals surface area contributed by atoms with Gasteiger partial charge in [0, 0.05) is 44.5 Å². The van der Waals surface area contributed by atoms with Gasteiger partial charge in [0.25, 0.3) is 0 Å². The minimum absolute atomic E-state index is 0.0146. The van der Waals surface area contributed by atoms with Crippen molar-refractivity contribution < 1.29 is 14.3 Å². The summed E-state index contributed by atoms with van der Waals surface area (Å²) in [6, 6.07) is 3.65. The smallest absolute Gasteiger partial charge is 0.241 e. The maximum atomic E-state index is 12.3. The molecule has 1 aliphatic heterocycles. The fraction of sp³-hybridized carbons (Fsp3) is 0.421. The molecule has 8 nitrogen and oxygen atoms in total. The predicted octanol–water partition coefficient (Wildman–Crippen LogP) is 1.81. The van der Waals surface area contributed by atoms with Crippen LogP contribution in [-0.4, -0.2) is 51.3 Å². The summed E-state index contributed by atoms with van der Waals surface area (Å²) in [6.45, 7) is 4.48. The van der Waals surface area contributed by atoms with E-state index in [2.05, 4.69) is 20.3 Å². The van der Waals surface area contributed by atoms with Crippen molar-refractivity contribution in [3.8, 4) is 11.6 Å². The van der Waals surface area contributed by atoms with Crippen molar-refractivity contribution in [1.82, 2.24) is 25.2 Å². The second kappa shape index (κ2) is 8.57. The van der Waals surface area contributed by atoms with E-state index in [0.717, 1.165) is 24.2 Å². The van der Waals surface area contributed by atoms with Crippen LogP contribution < -0.4 is 10.1 Å². The molecule has 142 valence electrons. The van der Waals surface area contributed by atoms with Gasteiger partial charge >= 0.3 is 0 Å². The number of pyridine rings is 1. The molecule has 8 heteroatoms. The molecule has 0 bridgehead atoms. The van der Waals surface area contributed by atoms with Crippen molar-refractivity contribution in [2.45, 2.75) is 32.6 Å². The first-order valence-corrected chi connectivity index (χ1v) is 8.97. The van der Waals surface area contributed by atoms with E-state index in [-0.39, 0.29) is 24.3 Å². The van der Waals surface area contributed by atoms with Gasteiger partial charge in [0.05, 0.1) is 12.2 Å². The fourth-order valence-corrected chi connectivity index (χ4v) is 3.11. The molecule has 0 aliphatic carbocycles. The van der Waals surface area contributed by atoms with E-state index in [1.54, 1.807) is 29.6 Å². The number of amides is 2. The highest BCUT2D eigenvalue weighted by Gasteiger charge is 2.28. The topological polar surface area (TPSA) is 97.3 Å². The Morgan fingerprint density at radius 2 is 2.07 bits per heavy atom. The highest BCUT2D eigenvalue weighted by atomic mass is 16.5. The second-order valence-electron chi connectivity index (χ2n) is 6.52. The molecule has 1 aliphatic rings. The van der Waals surface area contributed by atoms with E-state index in [9.17, 15) is 9.59 Å². The monoisotopic (exact) mass is 369 g/mol. The molecule has 2 amide bonds. The summed E-state index contributed by atoms with van der Waals surface area (Å²) in [5.41, 5.74) is 1.50. The van der Waals surface area contributed by atoms with Crippen molar-refractivity contribution in [3.63, 3.8) is 0 Å². The van der Waals surface area contributed by atoms with Gasteiger partial charge in [0.1, 0.15) is 5.69 Å². The Bertz CT molecular complexity index is 826. The summed E-state index contributed by atoms with van der Waals surface area (Å²) < 4.78 is 5.97. The maximum Gasteiger partial charge on any atom is 0.241 e. The quantitative estimate of drug-likeness (QED) is 0.863. The molecule has 1 saturated heterocycles. The number of ether oxygens (including phenoxy) is 1. The number of hydrogen-bond acceptors (Lipinski definition) is 6. The van der Waals surface area contributed by atoms with Gasteiger partial charge in [-0.25, -0.2) is 4.98 Å². The molecule has 1 atom stereocenters. The lowest BCUT2D eigenvalue weighted by Crippen LogP contribution is -2.44. The number of piperidine rings is 1. The van der Waals surface area contributed by atoms with Crippen molar-refractivity contribution in [2.24, 2.45) is 0 Å². The molecule has 2 aromatic heterocycles. The minimum Gasteiger partial charge on any atom is -0.435 e. The van der Waals surface area contributed by atoms with Gasteiger partial charge in [-0.05, 0) is 31.9 Å². The molecule has 27 heavy (non-hydrogen) atoms. The Labute approximate surface area is 158 Å². The molecular formula is C19H23N5O3. The molecule has 1 unspecified atom stereocenters. The summed E-state index contributed by atoms with van der Waals surface area (Å²) in [4.78, 5) is 38.2. The Balaban J connectivity index is 1.75. The molecule has 0 spiro atoms. The summed E-state index contributed by atoms with van der Waals surface area (Å²) in [6.07, 6.45) is 6.69. The third-order valence-electron chi connectivity index (χ3n) is 4.51. The van der Waals surface area contributed by atoms with Gasteiger partial charge in [0.2, 0.25) is 17.7 Å². The number of nitrogens with zero attached hydrogens (tertiary/aromatic N) is 4. The van der Waals surface area contributed by atoms with Crippen LogP contribution in [0, 0.1) is 6.92 Å². The molecule has 1 fully saturated rings. The largest absolute Gasteiger partial charge is 0.435 e. The number of aryl methyl sites for hydroxylation is 1. The Morgan fingerprint density at radius 3 is 2.85 bits per heavy atom. The number of nitrogens with one attached hydrogen (secondary N) is 1. The van der Waals surface area contributed by atoms with E-state index in [1.165, 1.54) is 6.92 Å². The van der Waals surface area contributed by atoms with Crippen LogP contribution in [0.25, 0.3) is 0 Å². The van der Waals surface area contributed by atoms with Crippen molar-refractivity contribution in [3.05, 3.63) is 42.1 Å². The zero-order chi connectivity index (χ0) is 19.2. The molecular weight excluding hydrogens is 346 g/mol. The summed E-state index contributed by atoms with van der Waals surface area (Å²) in [7, 11) is 0. The fourth-order valence-electron chi connectivity index (χ4n) is 3.11. The van der Waals surface area contributed by atoms with Crippen LogP contribution in [0.3, 0.4) is 0 Å². The third kappa shape index (κ3) is 4.78. The van der Waals surface area contributed by atoms with Crippen LogP contribution in [0.5, 0.6) is 11.6 Å². The lowest BCUT2D eigenvalue weighted by atomic mass is 9.94. The van der Waals surface area contributed by atoms with E-state index in [4.69, 9.17) is 4.74 Å². The minimum atomic E-state index is -0.214.